The van der Waals surface area contributed by atoms with Gasteiger partial charge in [0.2, 0.25) is 4.47 Å². The highest BCUT2D eigenvalue weighted by molar-refractivity contribution is 8.00. The van der Waals surface area contributed by atoms with Crippen molar-refractivity contribution in [2.45, 2.75) is 23.4 Å². The average Bonchev–Trinajstić information content (AvgIpc) is 2.83. The van der Waals surface area contributed by atoms with E-state index in [1.54, 1.807) is 0 Å². The lowest BCUT2D eigenvalue weighted by atomic mass is 10.3. The van der Waals surface area contributed by atoms with E-state index >= 15 is 0 Å². The first-order chi connectivity index (χ1) is 8.54. The summed E-state index contributed by atoms with van der Waals surface area (Å²) in [5.41, 5.74) is 0.778. The molecule has 0 atom stereocenters. The lowest BCUT2D eigenvalue weighted by Crippen LogP contribution is -1.99. The molecule has 18 heavy (non-hydrogen) atoms. The Hall–Kier alpha value is -0.700. The zero-order valence-electron chi connectivity index (χ0n) is 9.21. The molecular formula is C9H8ClN3O2S3. The van der Waals surface area contributed by atoms with Crippen LogP contribution in [0.2, 0.25) is 4.47 Å². The van der Waals surface area contributed by atoms with Gasteiger partial charge in [0.05, 0.1) is 17.9 Å². The largest absolute Gasteiger partial charge is 0.481 e. The molecule has 2 aromatic rings. The number of aliphatic carboxylic acids is 1. The topological polar surface area (TPSA) is 76.0 Å². The van der Waals surface area contributed by atoms with Crippen LogP contribution in [-0.2, 0) is 17.0 Å². The minimum Gasteiger partial charge on any atom is -0.481 e. The van der Waals surface area contributed by atoms with Crippen molar-refractivity contribution in [3.63, 3.8) is 0 Å². The van der Waals surface area contributed by atoms with Crippen molar-refractivity contribution in [1.29, 1.82) is 0 Å². The second-order valence-corrected chi connectivity index (χ2v) is 7.25. The van der Waals surface area contributed by atoms with Crippen LogP contribution in [0.3, 0.4) is 0 Å². The summed E-state index contributed by atoms with van der Waals surface area (Å²) in [6, 6.07) is 0. The van der Waals surface area contributed by atoms with Crippen molar-refractivity contribution >= 4 is 52.0 Å². The molecule has 0 saturated heterocycles. The smallest absolute Gasteiger partial charge is 0.308 e. The number of carboxylic acid groups (broad SMARTS) is 1. The molecule has 0 unspecified atom stereocenters. The molecule has 0 spiro atoms. The summed E-state index contributed by atoms with van der Waals surface area (Å²) in [5, 5.41) is 17.2. The lowest BCUT2D eigenvalue weighted by molar-refractivity contribution is -0.136. The number of aryl methyl sites for hydroxylation is 1. The summed E-state index contributed by atoms with van der Waals surface area (Å²) in [6.45, 7) is 1.82. The minimum atomic E-state index is -0.839. The molecule has 96 valence electrons. The number of hydrogen-bond acceptors (Lipinski definition) is 7. The molecule has 0 radical (unpaired) electrons. The van der Waals surface area contributed by atoms with Crippen LogP contribution < -0.4 is 0 Å². The van der Waals surface area contributed by atoms with E-state index in [0.717, 1.165) is 19.9 Å². The summed E-state index contributed by atoms with van der Waals surface area (Å²) in [4.78, 5) is 15.8. The van der Waals surface area contributed by atoms with Gasteiger partial charge in [-0.2, -0.15) is 0 Å². The Morgan fingerprint density at radius 2 is 2.22 bits per heavy atom. The third-order valence-electron chi connectivity index (χ3n) is 1.95. The quantitative estimate of drug-likeness (QED) is 0.853. The van der Waals surface area contributed by atoms with Gasteiger partial charge in [0.25, 0.3) is 0 Å². The summed E-state index contributed by atoms with van der Waals surface area (Å²) >= 11 is 9.94. The number of carboxylic acids is 1. The van der Waals surface area contributed by atoms with Gasteiger partial charge < -0.3 is 5.11 Å². The Labute approximate surface area is 120 Å². The number of carbonyl (C=O) groups is 1. The molecule has 0 aliphatic heterocycles. The van der Waals surface area contributed by atoms with Crippen LogP contribution in [-0.4, -0.2) is 26.3 Å². The maximum absolute atomic E-state index is 10.7. The van der Waals surface area contributed by atoms with Crippen molar-refractivity contribution in [3.8, 4) is 0 Å². The number of hydrogen-bond donors (Lipinski definition) is 1. The first-order valence-corrected chi connectivity index (χ1v) is 7.83. The number of halogens is 1. The number of rotatable bonds is 5. The predicted molar refractivity (Wildman–Crippen MR) is 72.7 cm³/mol. The van der Waals surface area contributed by atoms with Crippen LogP contribution in [0.5, 0.6) is 0 Å². The Balaban J connectivity index is 1.99. The lowest BCUT2D eigenvalue weighted by Gasteiger charge is -1.91. The summed E-state index contributed by atoms with van der Waals surface area (Å²) in [5.74, 6) is -0.196. The van der Waals surface area contributed by atoms with Gasteiger partial charge in [-0.25, -0.2) is 4.98 Å². The van der Waals surface area contributed by atoms with Crippen LogP contribution in [0.1, 0.15) is 15.6 Å². The molecular weight excluding hydrogens is 314 g/mol. The van der Waals surface area contributed by atoms with Crippen LogP contribution in [0.15, 0.2) is 4.34 Å². The third kappa shape index (κ3) is 3.64. The third-order valence-corrected chi connectivity index (χ3v) is 5.46. The fourth-order valence-electron chi connectivity index (χ4n) is 1.18. The Morgan fingerprint density at radius 1 is 1.44 bits per heavy atom. The number of thiazole rings is 1. The zero-order valence-corrected chi connectivity index (χ0v) is 12.4. The van der Waals surface area contributed by atoms with E-state index < -0.39 is 5.97 Å². The molecule has 9 heteroatoms. The first kappa shape index (κ1) is 13.7. The van der Waals surface area contributed by atoms with E-state index in [1.807, 2.05) is 6.92 Å². The maximum Gasteiger partial charge on any atom is 0.308 e. The van der Waals surface area contributed by atoms with Crippen LogP contribution in [0.4, 0.5) is 0 Å². The molecule has 0 saturated carbocycles. The van der Waals surface area contributed by atoms with Gasteiger partial charge in [0, 0.05) is 4.88 Å². The molecule has 0 fully saturated rings. The van der Waals surface area contributed by atoms with E-state index in [-0.39, 0.29) is 6.42 Å². The van der Waals surface area contributed by atoms with Crippen molar-refractivity contribution in [3.05, 3.63) is 20.0 Å². The Morgan fingerprint density at radius 3 is 2.83 bits per heavy atom. The van der Waals surface area contributed by atoms with Gasteiger partial charge >= 0.3 is 5.97 Å². The highest BCUT2D eigenvalue weighted by atomic mass is 35.5. The molecule has 0 amide bonds. The highest BCUT2D eigenvalue weighted by Crippen LogP contribution is 2.31. The minimum absolute atomic E-state index is 0.0225. The summed E-state index contributed by atoms with van der Waals surface area (Å²) < 4.78 is 1.27. The Bertz CT molecular complexity index is 569. The standard InChI is InChI=1S/C9H8ClN3O2S3/c1-4-5(2-7(14)15)17-9(11-4)16-3-6-12-13-8(10)18-6/h2-3H2,1H3,(H,14,15). The van der Waals surface area contributed by atoms with Gasteiger partial charge in [0.1, 0.15) is 5.01 Å². The second-order valence-electron chi connectivity index (χ2n) is 3.30. The van der Waals surface area contributed by atoms with E-state index in [9.17, 15) is 4.79 Å². The van der Waals surface area contributed by atoms with Crippen molar-refractivity contribution in [1.82, 2.24) is 15.2 Å². The van der Waals surface area contributed by atoms with E-state index in [2.05, 4.69) is 15.2 Å². The van der Waals surface area contributed by atoms with Crippen LogP contribution >= 0.6 is 46.0 Å². The highest BCUT2D eigenvalue weighted by Gasteiger charge is 2.12. The molecule has 0 aromatic carbocycles. The fraction of sp³-hybridized carbons (Fsp3) is 0.333. The van der Waals surface area contributed by atoms with Gasteiger partial charge in [0.15, 0.2) is 4.34 Å². The molecule has 0 bridgehead atoms. The van der Waals surface area contributed by atoms with Crippen molar-refractivity contribution in [2.75, 3.05) is 0 Å². The van der Waals surface area contributed by atoms with Gasteiger partial charge in [-0.3, -0.25) is 4.79 Å². The van der Waals surface area contributed by atoms with E-state index in [4.69, 9.17) is 16.7 Å². The van der Waals surface area contributed by atoms with E-state index in [0.29, 0.717) is 10.2 Å². The van der Waals surface area contributed by atoms with Crippen molar-refractivity contribution < 1.29 is 9.90 Å². The van der Waals surface area contributed by atoms with Crippen LogP contribution in [0.25, 0.3) is 0 Å². The SMILES string of the molecule is Cc1nc(SCc2nnc(Cl)s2)sc1CC(=O)O. The van der Waals surface area contributed by atoms with Crippen molar-refractivity contribution in [2.24, 2.45) is 0 Å². The van der Waals surface area contributed by atoms with Gasteiger partial charge in [-0.05, 0) is 18.5 Å². The predicted octanol–water partition coefficient (Wildman–Crippen LogP) is 2.88. The number of thioether (sulfide) groups is 1. The molecule has 0 aliphatic carbocycles. The molecule has 0 aliphatic rings. The maximum atomic E-state index is 10.7. The summed E-state index contributed by atoms with van der Waals surface area (Å²) in [6.07, 6.45) is 0.0225. The second kappa shape index (κ2) is 5.96. The monoisotopic (exact) mass is 321 g/mol. The van der Waals surface area contributed by atoms with Gasteiger partial charge in [-0.1, -0.05) is 23.1 Å². The average molecular weight is 322 g/mol. The summed E-state index contributed by atoms with van der Waals surface area (Å²) in [7, 11) is 0. The fourth-order valence-corrected chi connectivity index (χ4v) is 4.26. The molecule has 2 rings (SSSR count). The zero-order chi connectivity index (χ0) is 13.1. The van der Waals surface area contributed by atoms with Crippen LogP contribution in [0, 0.1) is 6.92 Å². The first-order valence-electron chi connectivity index (χ1n) is 4.83. The van der Waals surface area contributed by atoms with Gasteiger partial charge in [-0.15, -0.1) is 21.5 Å². The number of aromatic nitrogens is 3. The normalized spacial score (nSPS) is 10.8. The molecule has 1 N–H and O–H groups in total. The Kier molecular flexibility index (Phi) is 4.55. The van der Waals surface area contributed by atoms with E-state index in [1.165, 1.54) is 34.4 Å². The number of nitrogens with zero attached hydrogens (tertiary/aromatic N) is 3. The molecule has 2 aromatic heterocycles. The molecule has 2 heterocycles. The molecule has 5 nitrogen and oxygen atoms in total.